The van der Waals surface area contributed by atoms with E-state index in [1.807, 2.05) is 30.3 Å². The molecule has 0 bridgehead atoms. The van der Waals surface area contributed by atoms with E-state index in [0.29, 0.717) is 23.9 Å². The maximum atomic E-state index is 13.2. The van der Waals surface area contributed by atoms with Crippen LogP contribution in [0.25, 0.3) is 10.8 Å². The van der Waals surface area contributed by atoms with E-state index in [9.17, 15) is 8.42 Å². The molecule has 5 nitrogen and oxygen atoms in total. The van der Waals surface area contributed by atoms with Crippen LogP contribution >= 0.6 is 0 Å². The number of anilines is 1. The van der Waals surface area contributed by atoms with Gasteiger partial charge in [-0.3, -0.25) is 0 Å². The number of fused-ring (bicyclic) bond motifs is 1. The van der Waals surface area contributed by atoms with Gasteiger partial charge in [0, 0.05) is 18.8 Å². The minimum atomic E-state index is -3.51. The highest BCUT2D eigenvalue weighted by Crippen LogP contribution is 2.28. The third-order valence-corrected chi connectivity index (χ3v) is 8.83. The monoisotopic (exact) mass is 485 g/mol. The van der Waals surface area contributed by atoms with Crippen molar-refractivity contribution < 1.29 is 8.42 Å². The predicted octanol–water partition coefficient (Wildman–Crippen LogP) is 5.55. The second-order valence-corrected chi connectivity index (χ2v) is 11.2. The Morgan fingerprint density at radius 2 is 1.49 bits per heavy atom. The summed E-state index contributed by atoms with van der Waals surface area (Å²) in [4.78, 5) is 0.322. The van der Waals surface area contributed by atoms with E-state index in [4.69, 9.17) is 5.73 Å². The zero-order valence-electron chi connectivity index (χ0n) is 19.7. The van der Waals surface area contributed by atoms with Crippen LogP contribution in [0.4, 0.5) is 5.69 Å². The van der Waals surface area contributed by atoms with Crippen LogP contribution in [0.1, 0.15) is 30.1 Å². The lowest BCUT2D eigenvalue weighted by molar-refractivity contribution is 0.273. The van der Waals surface area contributed by atoms with Gasteiger partial charge in [0.2, 0.25) is 10.0 Å². The van der Waals surface area contributed by atoms with Crippen molar-refractivity contribution in [3.05, 3.63) is 108 Å². The zero-order chi connectivity index (χ0) is 24.3. The Hall–Kier alpha value is -3.19. The summed E-state index contributed by atoms with van der Waals surface area (Å²) in [6.45, 7) is 1.12. The normalized spacial score (nSPS) is 16.3. The summed E-state index contributed by atoms with van der Waals surface area (Å²) in [6, 6.07) is 31.6. The van der Waals surface area contributed by atoms with Crippen molar-refractivity contribution in [3.63, 3.8) is 0 Å². The molecule has 5 rings (SSSR count). The van der Waals surface area contributed by atoms with Gasteiger partial charge in [0.25, 0.3) is 0 Å². The maximum absolute atomic E-state index is 13.2. The minimum absolute atomic E-state index is 0.322. The van der Waals surface area contributed by atoms with Crippen LogP contribution in [0.3, 0.4) is 0 Å². The number of nitrogens with one attached hydrogen (secondary N) is 1. The highest BCUT2D eigenvalue weighted by molar-refractivity contribution is 7.89. The van der Waals surface area contributed by atoms with Crippen molar-refractivity contribution >= 4 is 26.5 Å². The number of benzene rings is 4. The molecule has 0 amide bonds. The van der Waals surface area contributed by atoms with Crippen LogP contribution in [0, 0.1) is 5.92 Å². The number of sulfonamides is 1. The van der Waals surface area contributed by atoms with E-state index >= 15 is 0 Å². The SMILES string of the molecule is NC(Nc1ccc(S(=O)(=O)N2CCC(Cc3ccccc3)CC2)cc1)c1cccc2ccccc12. The second-order valence-electron chi connectivity index (χ2n) is 9.25. The van der Waals surface area contributed by atoms with Gasteiger partial charge in [-0.2, -0.15) is 4.31 Å². The summed E-state index contributed by atoms with van der Waals surface area (Å²) < 4.78 is 28.1. The fourth-order valence-corrected chi connectivity index (χ4v) is 6.42. The van der Waals surface area contributed by atoms with Gasteiger partial charge in [0.05, 0.1) is 4.90 Å². The first-order chi connectivity index (χ1) is 17.0. The first-order valence-corrected chi connectivity index (χ1v) is 13.6. The Bertz CT molecular complexity index is 1380. The Balaban J connectivity index is 1.22. The Morgan fingerprint density at radius 3 is 2.23 bits per heavy atom. The molecule has 1 fully saturated rings. The van der Waals surface area contributed by atoms with E-state index in [-0.39, 0.29) is 0 Å². The molecule has 4 aromatic carbocycles. The number of rotatable bonds is 7. The molecule has 4 aromatic rings. The molecule has 0 saturated carbocycles. The van der Waals surface area contributed by atoms with Crippen molar-refractivity contribution in [2.45, 2.75) is 30.3 Å². The molecule has 1 unspecified atom stereocenters. The molecule has 0 aromatic heterocycles. The Kier molecular flexibility index (Phi) is 6.86. The van der Waals surface area contributed by atoms with Crippen molar-refractivity contribution in [1.29, 1.82) is 0 Å². The highest BCUT2D eigenvalue weighted by atomic mass is 32.2. The van der Waals surface area contributed by atoms with Gasteiger partial charge in [-0.15, -0.1) is 0 Å². The van der Waals surface area contributed by atoms with Crippen LogP contribution < -0.4 is 11.1 Å². The molecule has 1 aliphatic heterocycles. The van der Waals surface area contributed by atoms with Crippen molar-refractivity contribution in [3.8, 4) is 0 Å². The van der Waals surface area contributed by atoms with Crippen LogP contribution in [-0.2, 0) is 16.4 Å². The van der Waals surface area contributed by atoms with Crippen molar-refractivity contribution in [1.82, 2.24) is 4.31 Å². The number of hydrogen-bond donors (Lipinski definition) is 2. The lowest BCUT2D eigenvalue weighted by Crippen LogP contribution is -2.38. The first kappa shape index (κ1) is 23.5. The second kappa shape index (κ2) is 10.2. The molecule has 1 aliphatic rings. The van der Waals surface area contributed by atoms with Crippen molar-refractivity contribution in [2.24, 2.45) is 11.7 Å². The fraction of sp³-hybridized carbons (Fsp3) is 0.241. The Labute approximate surface area is 207 Å². The molecular weight excluding hydrogens is 454 g/mol. The van der Waals surface area contributed by atoms with Crippen LogP contribution in [-0.4, -0.2) is 25.8 Å². The van der Waals surface area contributed by atoms with Crippen molar-refractivity contribution in [2.75, 3.05) is 18.4 Å². The third-order valence-electron chi connectivity index (χ3n) is 6.91. The van der Waals surface area contributed by atoms with E-state index in [1.54, 1.807) is 28.6 Å². The summed E-state index contributed by atoms with van der Waals surface area (Å²) in [6.07, 6.45) is 2.36. The topological polar surface area (TPSA) is 75.4 Å². The van der Waals surface area contributed by atoms with E-state index in [0.717, 1.165) is 41.3 Å². The molecule has 35 heavy (non-hydrogen) atoms. The number of nitrogens with two attached hydrogens (primary N) is 1. The standard InChI is InChI=1S/C29H31N3O2S/c30-29(28-12-6-10-24-9-4-5-11-27(24)28)31-25-13-15-26(16-14-25)35(33,34)32-19-17-23(18-20-32)21-22-7-2-1-3-8-22/h1-16,23,29,31H,17-21,30H2. The van der Waals surface area contributed by atoms with E-state index < -0.39 is 16.2 Å². The molecule has 180 valence electrons. The largest absolute Gasteiger partial charge is 0.366 e. The van der Waals surface area contributed by atoms with E-state index in [2.05, 4.69) is 47.8 Å². The summed E-state index contributed by atoms with van der Waals surface area (Å²) >= 11 is 0. The molecule has 0 aliphatic carbocycles. The lowest BCUT2D eigenvalue weighted by Gasteiger charge is -2.31. The van der Waals surface area contributed by atoms with Gasteiger partial charge in [0.1, 0.15) is 6.17 Å². The fourth-order valence-electron chi connectivity index (χ4n) is 4.95. The molecule has 1 atom stereocenters. The zero-order valence-corrected chi connectivity index (χ0v) is 20.5. The molecule has 0 radical (unpaired) electrons. The van der Waals surface area contributed by atoms with Gasteiger partial charge in [-0.05, 0) is 71.3 Å². The van der Waals surface area contributed by atoms with Gasteiger partial charge in [0.15, 0.2) is 0 Å². The van der Waals surface area contributed by atoms with E-state index in [1.165, 1.54) is 5.56 Å². The third kappa shape index (κ3) is 5.25. The predicted molar refractivity (Wildman–Crippen MR) is 143 cm³/mol. The average Bonchev–Trinajstić information content (AvgIpc) is 2.89. The average molecular weight is 486 g/mol. The number of hydrogen-bond acceptors (Lipinski definition) is 4. The maximum Gasteiger partial charge on any atom is 0.243 e. The van der Waals surface area contributed by atoms with Gasteiger partial charge in [-0.1, -0.05) is 72.8 Å². The van der Waals surface area contributed by atoms with Crippen LogP contribution in [0.5, 0.6) is 0 Å². The molecule has 1 heterocycles. The smallest absolute Gasteiger partial charge is 0.243 e. The highest BCUT2D eigenvalue weighted by Gasteiger charge is 2.29. The summed E-state index contributed by atoms with van der Waals surface area (Å²) in [7, 11) is -3.51. The minimum Gasteiger partial charge on any atom is -0.366 e. The number of piperidine rings is 1. The molecule has 1 saturated heterocycles. The van der Waals surface area contributed by atoms with Crippen LogP contribution in [0.2, 0.25) is 0 Å². The quantitative estimate of drug-likeness (QED) is 0.337. The summed E-state index contributed by atoms with van der Waals surface area (Å²) in [5, 5.41) is 5.54. The Morgan fingerprint density at radius 1 is 0.829 bits per heavy atom. The summed E-state index contributed by atoms with van der Waals surface area (Å²) in [5.74, 6) is 0.519. The molecular formula is C29H31N3O2S. The molecule has 6 heteroatoms. The first-order valence-electron chi connectivity index (χ1n) is 12.1. The molecule has 3 N–H and O–H groups in total. The van der Waals surface area contributed by atoms with Gasteiger partial charge < -0.3 is 11.1 Å². The van der Waals surface area contributed by atoms with Gasteiger partial charge in [-0.25, -0.2) is 8.42 Å². The summed E-state index contributed by atoms with van der Waals surface area (Å²) in [5.41, 5.74) is 9.56. The van der Waals surface area contributed by atoms with Crippen LogP contribution in [0.15, 0.2) is 102 Å². The lowest BCUT2D eigenvalue weighted by atomic mass is 9.91. The van der Waals surface area contributed by atoms with Gasteiger partial charge >= 0.3 is 0 Å². The molecule has 0 spiro atoms. The number of nitrogens with zero attached hydrogens (tertiary/aromatic N) is 1.